The Morgan fingerprint density at radius 2 is 1.87 bits per heavy atom. The van der Waals surface area contributed by atoms with Crippen molar-refractivity contribution >= 4 is 29.1 Å². The molecule has 1 atom stereocenters. The van der Waals surface area contributed by atoms with E-state index in [2.05, 4.69) is 21.3 Å². The fourth-order valence-corrected chi connectivity index (χ4v) is 4.12. The number of β-amino-alcohol motifs (C(OH)–C–C–N with tert-alkyl or cyclic N) is 1. The quantitative estimate of drug-likeness (QED) is 0.152. The highest BCUT2D eigenvalue weighted by Gasteiger charge is 2.27. The zero-order chi connectivity index (χ0) is 27.7. The first-order valence-electron chi connectivity index (χ1n) is 12.6. The molecule has 11 nitrogen and oxygen atoms in total. The van der Waals surface area contributed by atoms with Crippen molar-refractivity contribution in [1.82, 2.24) is 10.6 Å². The van der Waals surface area contributed by atoms with Crippen LogP contribution in [0, 0.1) is 0 Å². The summed E-state index contributed by atoms with van der Waals surface area (Å²) in [4.78, 5) is 35.2. The summed E-state index contributed by atoms with van der Waals surface area (Å²) in [5, 5.41) is 32.4. The van der Waals surface area contributed by atoms with Crippen molar-refractivity contribution < 1.29 is 29.3 Å². The largest absolute Gasteiger partial charge is 0.506 e. The molecule has 1 aliphatic heterocycles. The van der Waals surface area contributed by atoms with Gasteiger partial charge in [0.05, 0.1) is 6.10 Å². The lowest BCUT2D eigenvalue weighted by molar-refractivity contribution is -0.121. The van der Waals surface area contributed by atoms with Gasteiger partial charge in [-0.2, -0.15) is 0 Å². The maximum Gasteiger partial charge on any atom is 0.262 e. The average molecular weight is 528 g/mol. The Balaban J connectivity index is 1.47. The van der Waals surface area contributed by atoms with E-state index in [0.29, 0.717) is 43.6 Å². The highest BCUT2D eigenvalue weighted by atomic mass is 16.5. The van der Waals surface area contributed by atoms with E-state index in [1.54, 1.807) is 6.07 Å². The number of aliphatic hydroxyl groups excluding tert-OH is 1. The highest BCUT2D eigenvalue weighted by Crippen LogP contribution is 2.41. The lowest BCUT2D eigenvalue weighted by atomic mass is 9.94. The molecule has 2 aromatic rings. The number of amides is 3. The molecule has 2 aromatic carbocycles. The normalized spacial score (nSPS) is 13.6. The van der Waals surface area contributed by atoms with Gasteiger partial charge >= 0.3 is 0 Å². The minimum absolute atomic E-state index is 0.112. The third-order valence-corrected chi connectivity index (χ3v) is 6.07. The van der Waals surface area contributed by atoms with Crippen molar-refractivity contribution in [2.75, 3.05) is 36.9 Å². The number of aliphatic hydroxyl groups is 1. The summed E-state index contributed by atoms with van der Waals surface area (Å²) in [6.45, 7) is 4.81. The fourth-order valence-electron chi connectivity index (χ4n) is 4.12. The van der Waals surface area contributed by atoms with Gasteiger partial charge in [0, 0.05) is 49.3 Å². The number of aromatic hydroxyl groups is 1. The summed E-state index contributed by atoms with van der Waals surface area (Å²) < 4.78 is 5.47. The molecule has 38 heavy (non-hydrogen) atoms. The Bertz CT molecular complexity index is 1140. The van der Waals surface area contributed by atoms with E-state index >= 15 is 0 Å². The van der Waals surface area contributed by atoms with Crippen LogP contribution in [0.1, 0.15) is 50.3 Å². The van der Waals surface area contributed by atoms with Gasteiger partial charge in [0.2, 0.25) is 11.8 Å². The molecule has 1 heterocycles. The molecule has 11 heteroatoms. The van der Waals surface area contributed by atoms with Crippen LogP contribution in [0.25, 0.3) is 0 Å². The van der Waals surface area contributed by atoms with Gasteiger partial charge in [-0.1, -0.05) is 12.1 Å². The zero-order valence-corrected chi connectivity index (χ0v) is 21.8. The average Bonchev–Trinajstić information content (AvgIpc) is 2.87. The van der Waals surface area contributed by atoms with Gasteiger partial charge in [-0.05, 0) is 56.5 Å². The first kappa shape index (κ1) is 28.9. The third kappa shape index (κ3) is 8.44. The number of carbonyl (C=O) groups is 3. The van der Waals surface area contributed by atoms with E-state index in [4.69, 9.17) is 10.5 Å². The molecule has 0 aromatic heterocycles. The molecule has 0 bridgehead atoms. The molecular formula is C27H37N5O6. The van der Waals surface area contributed by atoms with E-state index in [0.717, 1.165) is 5.56 Å². The van der Waals surface area contributed by atoms with Gasteiger partial charge < -0.3 is 42.0 Å². The minimum atomic E-state index is -0.926. The molecule has 0 saturated carbocycles. The minimum Gasteiger partial charge on any atom is -0.506 e. The molecule has 0 radical (unpaired) electrons. The van der Waals surface area contributed by atoms with Crippen molar-refractivity contribution in [1.29, 1.82) is 0 Å². The van der Waals surface area contributed by atoms with Crippen LogP contribution in [0.4, 0.5) is 11.4 Å². The standard InChI is InChI=1S/C27H37N5O6/c1-27(2,30-15-21(34)19-9-10-20(33)25-26(19)38-16-24(37)32-25)14-17-5-7-18(8-6-17)31-23(36)4-3-13-29-22(35)11-12-28/h5-10,21,30,33-34H,3-4,11-16,28H2,1-2H3,(H,29,35)(H,31,36)(H,32,37). The van der Waals surface area contributed by atoms with Crippen LogP contribution < -0.4 is 31.7 Å². The summed E-state index contributed by atoms with van der Waals surface area (Å²) in [7, 11) is 0. The van der Waals surface area contributed by atoms with Gasteiger partial charge in [0.1, 0.15) is 11.4 Å². The summed E-state index contributed by atoms with van der Waals surface area (Å²) >= 11 is 0. The molecule has 0 aliphatic carbocycles. The second-order valence-electron chi connectivity index (χ2n) is 9.91. The molecular weight excluding hydrogens is 490 g/mol. The predicted octanol–water partition coefficient (Wildman–Crippen LogP) is 1.55. The van der Waals surface area contributed by atoms with Crippen molar-refractivity contribution in [3.8, 4) is 11.5 Å². The van der Waals surface area contributed by atoms with Gasteiger partial charge in [0.25, 0.3) is 5.91 Å². The maximum atomic E-state index is 12.2. The number of phenols is 1. The number of anilines is 2. The molecule has 206 valence electrons. The number of phenolic OH excluding ortho intramolecular Hbond substituents is 1. The van der Waals surface area contributed by atoms with Crippen LogP contribution in [0.2, 0.25) is 0 Å². The number of rotatable bonds is 13. The Labute approximate surface area is 222 Å². The smallest absolute Gasteiger partial charge is 0.262 e. The van der Waals surface area contributed by atoms with Gasteiger partial charge in [0.15, 0.2) is 12.4 Å². The molecule has 1 aliphatic rings. The van der Waals surface area contributed by atoms with E-state index < -0.39 is 6.10 Å². The van der Waals surface area contributed by atoms with Gasteiger partial charge in [-0.25, -0.2) is 0 Å². The van der Waals surface area contributed by atoms with E-state index in [9.17, 15) is 24.6 Å². The number of fused-ring (bicyclic) bond motifs is 1. The van der Waals surface area contributed by atoms with Crippen molar-refractivity contribution in [2.24, 2.45) is 5.73 Å². The number of nitrogens with one attached hydrogen (secondary N) is 4. The Kier molecular flexibility index (Phi) is 10.1. The first-order valence-corrected chi connectivity index (χ1v) is 12.6. The molecule has 0 saturated heterocycles. The molecule has 8 N–H and O–H groups in total. The molecule has 0 fully saturated rings. The third-order valence-electron chi connectivity index (χ3n) is 6.07. The summed E-state index contributed by atoms with van der Waals surface area (Å²) in [5.74, 6) is -0.455. The summed E-state index contributed by atoms with van der Waals surface area (Å²) in [6, 6.07) is 10.6. The summed E-state index contributed by atoms with van der Waals surface area (Å²) in [6.07, 6.45) is 0.855. The second-order valence-corrected chi connectivity index (χ2v) is 9.91. The monoisotopic (exact) mass is 527 g/mol. The van der Waals surface area contributed by atoms with E-state index in [1.165, 1.54) is 6.07 Å². The SMILES string of the molecule is CC(C)(Cc1ccc(NC(=O)CCCNC(=O)CCN)cc1)NCC(O)c1ccc(O)c2c1OCC(=O)N2. The Morgan fingerprint density at radius 3 is 2.58 bits per heavy atom. The summed E-state index contributed by atoms with van der Waals surface area (Å²) in [5.41, 5.74) is 7.33. The predicted molar refractivity (Wildman–Crippen MR) is 144 cm³/mol. The van der Waals surface area contributed by atoms with Crippen LogP contribution in [0.3, 0.4) is 0 Å². The maximum absolute atomic E-state index is 12.2. The van der Waals surface area contributed by atoms with Crippen molar-refractivity contribution in [3.63, 3.8) is 0 Å². The molecule has 0 spiro atoms. The van der Waals surface area contributed by atoms with Crippen molar-refractivity contribution in [2.45, 2.75) is 51.2 Å². The number of carbonyl (C=O) groups excluding carboxylic acids is 3. The second kappa shape index (κ2) is 13.2. The number of hydrogen-bond donors (Lipinski definition) is 7. The number of hydrogen-bond acceptors (Lipinski definition) is 8. The van der Waals surface area contributed by atoms with Gasteiger partial charge in [-0.15, -0.1) is 0 Å². The van der Waals surface area contributed by atoms with Crippen LogP contribution in [0.15, 0.2) is 36.4 Å². The van der Waals surface area contributed by atoms with Gasteiger partial charge in [-0.3, -0.25) is 14.4 Å². The molecule has 3 rings (SSSR count). The van der Waals surface area contributed by atoms with Crippen LogP contribution >= 0.6 is 0 Å². The lowest BCUT2D eigenvalue weighted by Crippen LogP contribution is -2.43. The topological polar surface area (TPSA) is 175 Å². The van der Waals surface area contributed by atoms with Crippen LogP contribution in [-0.2, 0) is 20.8 Å². The fraction of sp³-hybridized carbons (Fsp3) is 0.444. The van der Waals surface area contributed by atoms with E-state index in [1.807, 2.05) is 38.1 Å². The number of ether oxygens (including phenoxy) is 1. The Morgan fingerprint density at radius 1 is 1.13 bits per heavy atom. The highest BCUT2D eigenvalue weighted by molar-refractivity contribution is 5.97. The van der Waals surface area contributed by atoms with Crippen LogP contribution in [0.5, 0.6) is 11.5 Å². The first-order chi connectivity index (χ1) is 18.1. The number of benzene rings is 2. The lowest BCUT2D eigenvalue weighted by Gasteiger charge is -2.29. The molecule has 3 amide bonds. The molecule has 1 unspecified atom stereocenters. The van der Waals surface area contributed by atoms with Crippen molar-refractivity contribution in [3.05, 3.63) is 47.5 Å². The van der Waals surface area contributed by atoms with Crippen LogP contribution in [-0.4, -0.2) is 59.7 Å². The Hall–Kier alpha value is -3.67. The number of nitrogens with two attached hydrogens (primary N) is 1. The van der Waals surface area contributed by atoms with E-state index in [-0.39, 0.29) is 60.0 Å². The zero-order valence-electron chi connectivity index (χ0n) is 21.8.